The normalized spacial score (nSPS) is 16.9. The van der Waals surface area contributed by atoms with Crippen LogP contribution in [-0.4, -0.2) is 52.3 Å². The zero-order valence-corrected chi connectivity index (χ0v) is 13.2. The molecule has 0 spiro atoms. The highest BCUT2D eigenvalue weighted by Crippen LogP contribution is 2.23. The maximum atomic E-state index is 5.57. The van der Waals surface area contributed by atoms with Crippen LogP contribution in [0.3, 0.4) is 0 Å². The second-order valence-electron chi connectivity index (χ2n) is 4.89. The van der Waals surface area contributed by atoms with Crippen molar-refractivity contribution >= 4 is 23.6 Å². The Morgan fingerprint density at radius 2 is 2.10 bits per heavy atom. The molecule has 0 aliphatic carbocycles. The van der Waals surface area contributed by atoms with E-state index in [4.69, 9.17) is 23.1 Å². The number of hydrogen-bond donors (Lipinski definition) is 0. The zero-order chi connectivity index (χ0) is 14.7. The minimum Gasteiger partial charge on any atom is -0.408 e. The van der Waals surface area contributed by atoms with Crippen LogP contribution in [0.25, 0.3) is 10.8 Å². The summed E-state index contributed by atoms with van der Waals surface area (Å²) in [6, 6.07) is 3.95. The Bertz CT molecular complexity index is 675. The largest absolute Gasteiger partial charge is 0.408 e. The SMILES string of the molecule is C#CCN1CCN(Cn2nc(-c3cccs3)oc2=S)CC1. The van der Waals surface area contributed by atoms with Gasteiger partial charge in [-0.3, -0.25) is 9.80 Å². The lowest BCUT2D eigenvalue weighted by Crippen LogP contribution is -2.46. The van der Waals surface area contributed by atoms with Gasteiger partial charge in [0.15, 0.2) is 0 Å². The summed E-state index contributed by atoms with van der Waals surface area (Å²) in [6.45, 7) is 5.27. The predicted octanol–water partition coefficient (Wildman–Crippen LogP) is 2.14. The molecular formula is C14H16N4OS2. The van der Waals surface area contributed by atoms with Crippen molar-refractivity contribution in [2.45, 2.75) is 6.67 Å². The summed E-state index contributed by atoms with van der Waals surface area (Å²) in [5.41, 5.74) is 0. The number of rotatable bonds is 4. The molecule has 2 aromatic heterocycles. The minimum atomic E-state index is 0.421. The molecule has 21 heavy (non-hydrogen) atoms. The molecule has 0 unspecified atom stereocenters. The smallest absolute Gasteiger partial charge is 0.288 e. The van der Waals surface area contributed by atoms with E-state index < -0.39 is 0 Å². The molecule has 7 heteroatoms. The first kappa shape index (κ1) is 14.5. The Balaban J connectivity index is 1.64. The first-order valence-corrected chi connectivity index (χ1v) is 8.05. The van der Waals surface area contributed by atoms with Crippen molar-refractivity contribution < 1.29 is 4.42 Å². The lowest BCUT2D eigenvalue weighted by molar-refractivity contribution is 0.110. The fourth-order valence-corrected chi connectivity index (χ4v) is 3.12. The lowest BCUT2D eigenvalue weighted by atomic mass is 10.3. The summed E-state index contributed by atoms with van der Waals surface area (Å²) in [7, 11) is 0. The van der Waals surface area contributed by atoms with E-state index >= 15 is 0 Å². The van der Waals surface area contributed by atoms with E-state index in [1.54, 1.807) is 16.0 Å². The van der Waals surface area contributed by atoms with E-state index in [9.17, 15) is 0 Å². The third-order valence-electron chi connectivity index (χ3n) is 3.45. The molecule has 3 heterocycles. The van der Waals surface area contributed by atoms with Crippen LogP contribution in [-0.2, 0) is 6.67 Å². The first-order valence-electron chi connectivity index (χ1n) is 6.76. The fourth-order valence-electron chi connectivity index (χ4n) is 2.30. The lowest BCUT2D eigenvalue weighted by Gasteiger charge is -2.33. The molecule has 5 nitrogen and oxygen atoms in total. The molecule has 0 radical (unpaired) electrons. The number of aromatic nitrogens is 2. The average Bonchev–Trinajstić information content (AvgIpc) is 3.12. The minimum absolute atomic E-state index is 0.421. The van der Waals surface area contributed by atoms with Gasteiger partial charge < -0.3 is 4.42 Å². The summed E-state index contributed by atoms with van der Waals surface area (Å²) in [6.07, 6.45) is 5.34. The van der Waals surface area contributed by atoms with Gasteiger partial charge in [-0.2, -0.15) is 0 Å². The molecule has 1 aliphatic heterocycles. The zero-order valence-electron chi connectivity index (χ0n) is 11.6. The molecule has 3 rings (SSSR count). The van der Waals surface area contributed by atoms with Crippen LogP contribution in [0.1, 0.15) is 0 Å². The predicted molar refractivity (Wildman–Crippen MR) is 85.5 cm³/mol. The Kier molecular flexibility index (Phi) is 4.51. The Morgan fingerprint density at radius 1 is 1.33 bits per heavy atom. The number of nitrogens with zero attached hydrogens (tertiary/aromatic N) is 4. The van der Waals surface area contributed by atoms with Crippen LogP contribution in [0.2, 0.25) is 0 Å². The van der Waals surface area contributed by atoms with E-state index in [2.05, 4.69) is 20.8 Å². The van der Waals surface area contributed by atoms with Crippen LogP contribution in [0.15, 0.2) is 21.9 Å². The highest BCUT2D eigenvalue weighted by atomic mass is 32.1. The molecule has 0 saturated carbocycles. The van der Waals surface area contributed by atoms with Crippen LogP contribution in [0.4, 0.5) is 0 Å². The van der Waals surface area contributed by atoms with Gasteiger partial charge in [-0.25, -0.2) is 4.68 Å². The molecule has 0 amide bonds. The van der Waals surface area contributed by atoms with Gasteiger partial charge in [-0.15, -0.1) is 22.9 Å². The molecule has 0 atom stereocenters. The molecule has 1 saturated heterocycles. The number of terminal acetylenes is 1. The van der Waals surface area contributed by atoms with Gasteiger partial charge in [0, 0.05) is 26.2 Å². The van der Waals surface area contributed by atoms with Gasteiger partial charge in [0.1, 0.15) is 0 Å². The highest BCUT2D eigenvalue weighted by Gasteiger charge is 2.18. The Labute approximate surface area is 132 Å². The van der Waals surface area contributed by atoms with Gasteiger partial charge in [-0.05, 0) is 23.7 Å². The van der Waals surface area contributed by atoms with Crippen molar-refractivity contribution in [1.82, 2.24) is 19.6 Å². The Hall–Kier alpha value is -1.46. The summed E-state index contributed by atoms with van der Waals surface area (Å²) in [4.78, 5) is 6.00. The quantitative estimate of drug-likeness (QED) is 0.637. The van der Waals surface area contributed by atoms with Crippen LogP contribution in [0.5, 0.6) is 0 Å². The van der Waals surface area contributed by atoms with Crippen LogP contribution >= 0.6 is 23.6 Å². The molecule has 1 aliphatic rings. The van der Waals surface area contributed by atoms with Crippen LogP contribution < -0.4 is 0 Å². The standard InChI is InChI=1S/C14H16N4OS2/c1-2-5-16-6-8-17(9-7-16)11-18-14(20)19-13(15-18)12-4-3-10-21-12/h1,3-4,10H,5-9,11H2. The third-order valence-corrected chi connectivity index (χ3v) is 4.60. The molecule has 0 N–H and O–H groups in total. The van der Waals surface area contributed by atoms with E-state index in [-0.39, 0.29) is 0 Å². The summed E-state index contributed by atoms with van der Waals surface area (Å²) in [5, 5.41) is 6.47. The average molecular weight is 320 g/mol. The van der Waals surface area contributed by atoms with Gasteiger partial charge in [-0.1, -0.05) is 12.0 Å². The molecule has 0 bridgehead atoms. The molecule has 0 aromatic carbocycles. The third kappa shape index (κ3) is 3.41. The van der Waals surface area contributed by atoms with E-state index in [1.807, 2.05) is 17.5 Å². The van der Waals surface area contributed by atoms with Crippen LogP contribution in [0, 0.1) is 17.2 Å². The van der Waals surface area contributed by atoms with Gasteiger partial charge >= 0.3 is 0 Å². The Morgan fingerprint density at radius 3 is 2.76 bits per heavy atom. The van der Waals surface area contributed by atoms with Gasteiger partial charge in [0.05, 0.1) is 18.1 Å². The van der Waals surface area contributed by atoms with Crippen molar-refractivity contribution in [1.29, 1.82) is 0 Å². The second kappa shape index (κ2) is 6.54. The summed E-state index contributed by atoms with van der Waals surface area (Å²) in [5.74, 6) is 3.29. The maximum Gasteiger partial charge on any atom is 0.288 e. The van der Waals surface area contributed by atoms with Crippen molar-refractivity contribution in [2.75, 3.05) is 32.7 Å². The molecule has 110 valence electrons. The molecule has 2 aromatic rings. The van der Waals surface area contributed by atoms with Crippen molar-refractivity contribution in [2.24, 2.45) is 0 Å². The van der Waals surface area contributed by atoms with Crippen molar-refractivity contribution in [3.8, 4) is 23.1 Å². The van der Waals surface area contributed by atoms with Gasteiger partial charge in [0.2, 0.25) is 0 Å². The number of hydrogen-bond acceptors (Lipinski definition) is 6. The fraction of sp³-hybridized carbons (Fsp3) is 0.429. The second-order valence-corrected chi connectivity index (χ2v) is 6.19. The monoisotopic (exact) mass is 320 g/mol. The number of piperazine rings is 1. The van der Waals surface area contributed by atoms with Crippen molar-refractivity contribution in [3.05, 3.63) is 22.4 Å². The van der Waals surface area contributed by atoms with E-state index in [0.29, 0.717) is 17.4 Å². The van der Waals surface area contributed by atoms with E-state index in [0.717, 1.165) is 37.6 Å². The molecule has 1 fully saturated rings. The number of thiophene rings is 1. The summed E-state index contributed by atoms with van der Waals surface area (Å²) < 4.78 is 7.32. The summed E-state index contributed by atoms with van der Waals surface area (Å²) >= 11 is 6.85. The molecular weight excluding hydrogens is 304 g/mol. The maximum absolute atomic E-state index is 5.57. The topological polar surface area (TPSA) is 37.4 Å². The van der Waals surface area contributed by atoms with E-state index in [1.165, 1.54) is 0 Å². The van der Waals surface area contributed by atoms with Gasteiger partial charge in [0.25, 0.3) is 10.7 Å². The first-order chi connectivity index (χ1) is 10.3. The van der Waals surface area contributed by atoms with Crippen molar-refractivity contribution in [3.63, 3.8) is 0 Å². The highest BCUT2D eigenvalue weighted by molar-refractivity contribution is 7.71.